The first-order valence-electron chi connectivity index (χ1n) is 7.76. The van der Waals surface area contributed by atoms with E-state index in [2.05, 4.69) is 32.9 Å². The summed E-state index contributed by atoms with van der Waals surface area (Å²) >= 11 is 1.57. The van der Waals surface area contributed by atoms with Crippen LogP contribution in [-0.4, -0.2) is 5.71 Å². The molecular formula is C20H22FNS. The van der Waals surface area contributed by atoms with Gasteiger partial charge in [-0.3, -0.25) is 4.99 Å². The molecule has 0 aromatic heterocycles. The Morgan fingerprint density at radius 3 is 2.35 bits per heavy atom. The summed E-state index contributed by atoms with van der Waals surface area (Å²) in [6.45, 7) is 6.44. The first-order chi connectivity index (χ1) is 11.0. The van der Waals surface area contributed by atoms with Crippen molar-refractivity contribution in [3.63, 3.8) is 0 Å². The molecule has 0 aliphatic rings. The van der Waals surface area contributed by atoms with Gasteiger partial charge in [0, 0.05) is 10.6 Å². The molecule has 0 atom stereocenters. The predicted molar refractivity (Wildman–Crippen MR) is 99.1 cm³/mol. The molecule has 0 heterocycles. The van der Waals surface area contributed by atoms with Gasteiger partial charge in [-0.05, 0) is 67.1 Å². The Morgan fingerprint density at radius 1 is 1.09 bits per heavy atom. The number of benzene rings is 2. The van der Waals surface area contributed by atoms with E-state index in [9.17, 15) is 4.39 Å². The third-order valence-electron chi connectivity index (χ3n) is 3.20. The Balaban J connectivity index is 2.09. The lowest BCUT2D eigenvalue weighted by Crippen LogP contribution is -1.99. The minimum Gasteiger partial charge on any atom is -0.253 e. The molecule has 2 aromatic rings. The van der Waals surface area contributed by atoms with Crippen LogP contribution in [-0.2, 0) is 0 Å². The summed E-state index contributed by atoms with van der Waals surface area (Å²) < 4.78 is 12.9. The van der Waals surface area contributed by atoms with Crippen molar-refractivity contribution in [2.75, 3.05) is 0 Å². The fourth-order valence-electron chi connectivity index (χ4n) is 2.06. The fourth-order valence-corrected chi connectivity index (χ4v) is 2.73. The highest BCUT2D eigenvalue weighted by molar-refractivity contribution is 8.02. The number of allylic oxidation sites excluding steroid dienone is 1. The van der Waals surface area contributed by atoms with Gasteiger partial charge < -0.3 is 0 Å². The van der Waals surface area contributed by atoms with Gasteiger partial charge in [-0.25, -0.2) is 4.39 Å². The molecule has 0 saturated carbocycles. The molecule has 0 spiro atoms. The molecule has 0 unspecified atom stereocenters. The van der Waals surface area contributed by atoms with Gasteiger partial charge in [-0.2, -0.15) is 0 Å². The Bertz CT molecular complexity index is 670. The molecule has 3 heteroatoms. The molecule has 0 saturated heterocycles. The normalized spacial score (nSPS) is 12.3. The van der Waals surface area contributed by atoms with Crippen molar-refractivity contribution in [1.82, 2.24) is 0 Å². The van der Waals surface area contributed by atoms with Gasteiger partial charge in [-0.15, -0.1) is 0 Å². The van der Waals surface area contributed by atoms with E-state index >= 15 is 0 Å². The van der Waals surface area contributed by atoms with Crippen LogP contribution in [0.5, 0.6) is 0 Å². The van der Waals surface area contributed by atoms with Crippen molar-refractivity contribution in [3.8, 4) is 0 Å². The van der Waals surface area contributed by atoms with Gasteiger partial charge in [0.25, 0.3) is 0 Å². The van der Waals surface area contributed by atoms with Gasteiger partial charge in [0.2, 0.25) is 0 Å². The van der Waals surface area contributed by atoms with Crippen molar-refractivity contribution in [1.29, 1.82) is 0 Å². The maximum atomic E-state index is 12.9. The Kier molecular flexibility index (Phi) is 6.60. The molecule has 23 heavy (non-hydrogen) atoms. The predicted octanol–water partition coefficient (Wildman–Crippen LogP) is 6.56. The third-order valence-corrected chi connectivity index (χ3v) is 4.02. The van der Waals surface area contributed by atoms with E-state index in [4.69, 9.17) is 4.99 Å². The van der Waals surface area contributed by atoms with E-state index in [0.29, 0.717) is 5.92 Å². The molecule has 1 nitrogen and oxygen atoms in total. The monoisotopic (exact) mass is 327 g/mol. The van der Waals surface area contributed by atoms with E-state index in [-0.39, 0.29) is 5.82 Å². The van der Waals surface area contributed by atoms with Gasteiger partial charge in [-0.1, -0.05) is 43.3 Å². The standard InChI is InChI=1S/C20H22FNS/c1-15(2)14-19(22-18-8-4-16(3)5-9-18)12-13-23-20-10-6-17(21)7-11-20/h4-13,15H,14H2,1-3H3. The van der Waals surface area contributed by atoms with Crippen LogP contribution in [0.4, 0.5) is 10.1 Å². The number of hydrogen-bond donors (Lipinski definition) is 0. The number of hydrogen-bond acceptors (Lipinski definition) is 2. The summed E-state index contributed by atoms with van der Waals surface area (Å²) in [7, 11) is 0. The zero-order valence-electron chi connectivity index (χ0n) is 13.8. The van der Waals surface area contributed by atoms with Crippen molar-refractivity contribution < 1.29 is 4.39 Å². The Morgan fingerprint density at radius 2 is 1.74 bits per heavy atom. The smallest absolute Gasteiger partial charge is 0.123 e. The lowest BCUT2D eigenvalue weighted by molar-refractivity contribution is 0.626. The van der Waals surface area contributed by atoms with E-state index in [0.717, 1.165) is 22.7 Å². The SMILES string of the molecule is Cc1ccc(N=C(C=CSc2ccc(F)cc2)CC(C)C)cc1. The van der Waals surface area contributed by atoms with Crippen LogP contribution in [0.25, 0.3) is 0 Å². The molecule has 0 aliphatic carbocycles. The summed E-state index contributed by atoms with van der Waals surface area (Å²) in [6, 6.07) is 14.7. The number of halogens is 1. The zero-order valence-corrected chi connectivity index (χ0v) is 14.6. The second-order valence-corrected chi connectivity index (χ2v) is 6.89. The average molecular weight is 327 g/mol. The second kappa shape index (κ2) is 8.68. The topological polar surface area (TPSA) is 12.4 Å². The van der Waals surface area contributed by atoms with E-state index in [1.165, 1.54) is 17.7 Å². The van der Waals surface area contributed by atoms with Crippen molar-refractivity contribution in [3.05, 3.63) is 71.4 Å². The van der Waals surface area contributed by atoms with Gasteiger partial charge in [0.05, 0.1) is 5.69 Å². The molecule has 0 N–H and O–H groups in total. The Labute approximate surface area is 142 Å². The number of thioether (sulfide) groups is 1. The zero-order chi connectivity index (χ0) is 16.7. The molecule has 0 fully saturated rings. The minimum atomic E-state index is -0.209. The Hall–Kier alpha value is -1.87. The highest BCUT2D eigenvalue weighted by Gasteiger charge is 2.01. The third kappa shape index (κ3) is 6.41. The molecule has 2 rings (SSSR count). The molecule has 0 aliphatic heterocycles. The van der Waals surface area contributed by atoms with E-state index in [1.807, 2.05) is 23.6 Å². The first kappa shape index (κ1) is 17.5. The summed E-state index contributed by atoms with van der Waals surface area (Å²) in [4.78, 5) is 5.76. The first-order valence-corrected chi connectivity index (χ1v) is 8.64. The summed E-state index contributed by atoms with van der Waals surface area (Å²) in [5.74, 6) is 0.333. The van der Waals surface area contributed by atoms with Crippen LogP contribution >= 0.6 is 11.8 Å². The number of aryl methyl sites for hydroxylation is 1. The lowest BCUT2D eigenvalue weighted by Gasteiger charge is -2.06. The highest BCUT2D eigenvalue weighted by Crippen LogP contribution is 2.21. The van der Waals surface area contributed by atoms with Gasteiger partial charge in [0.15, 0.2) is 0 Å². The van der Waals surface area contributed by atoms with Crippen LogP contribution in [0.3, 0.4) is 0 Å². The molecular weight excluding hydrogens is 305 g/mol. The minimum absolute atomic E-state index is 0.209. The quantitative estimate of drug-likeness (QED) is 0.432. The van der Waals surface area contributed by atoms with Crippen LogP contribution in [0, 0.1) is 18.7 Å². The molecule has 120 valence electrons. The largest absolute Gasteiger partial charge is 0.253 e. The van der Waals surface area contributed by atoms with Crippen LogP contribution in [0.15, 0.2) is 69.9 Å². The molecule has 2 aromatic carbocycles. The fraction of sp³-hybridized carbons (Fsp3) is 0.250. The molecule has 0 bridgehead atoms. The number of aliphatic imine (C=N–C) groups is 1. The van der Waals surface area contributed by atoms with Crippen molar-refractivity contribution in [2.45, 2.75) is 32.1 Å². The van der Waals surface area contributed by atoms with Crippen LogP contribution in [0.2, 0.25) is 0 Å². The lowest BCUT2D eigenvalue weighted by atomic mass is 10.1. The van der Waals surface area contributed by atoms with Gasteiger partial charge >= 0.3 is 0 Å². The highest BCUT2D eigenvalue weighted by atomic mass is 32.2. The van der Waals surface area contributed by atoms with Gasteiger partial charge in [0.1, 0.15) is 5.82 Å². The second-order valence-electron chi connectivity index (χ2n) is 5.91. The summed E-state index contributed by atoms with van der Waals surface area (Å²) in [6.07, 6.45) is 2.97. The van der Waals surface area contributed by atoms with E-state index < -0.39 is 0 Å². The van der Waals surface area contributed by atoms with E-state index in [1.54, 1.807) is 23.9 Å². The summed E-state index contributed by atoms with van der Waals surface area (Å²) in [5, 5.41) is 2.02. The molecule has 0 radical (unpaired) electrons. The van der Waals surface area contributed by atoms with Crippen LogP contribution in [0.1, 0.15) is 25.8 Å². The summed E-state index contributed by atoms with van der Waals surface area (Å²) in [5.41, 5.74) is 3.26. The average Bonchev–Trinajstić information content (AvgIpc) is 2.51. The maximum Gasteiger partial charge on any atom is 0.123 e. The van der Waals surface area contributed by atoms with Crippen molar-refractivity contribution in [2.24, 2.45) is 10.9 Å². The number of rotatable bonds is 6. The molecule has 0 amide bonds. The van der Waals surface area contributed by atoms with Crippen molar-refractivity contribution >= 4 is 23.2 Å². The van der Waals surface area contributed by atoms with Crippen LogP contribution < -0.4 is 0 Å². The number of nitrogens with zero attached hydrogens (tertiary/aromatic N) is 1. The maximum absolute atomic E-state index is 12.9.